The van der Waals surface area contributed by atoms with Crippen molar-refractivity contribution in [3.05, 3.63) is 23.8 Å². The predicted octanol–water partition coefficient (Wildman–Crippen LogP) is 1.59. The van der Waals surface area contributed by atoms with Crippen molar-refractivity contribution < 1.29 is 19.4 Å². The lowest BCUT2D eigenvalue weighted by Crippen LogP contribution is -2.34. The number of carboxylic acid groups (broad SMARTS) is 1. The van der Waals surface area contributed by atoms with Crippen LogP contribution in [0.15, 0.2) is 18.2 Å². The van der Waals surface area contributed by atoms with Crippen molar-refractivity contribution in [3.63, 3.8) is 0 Å². The molecule has 0 bridgehead atoms. The average Bonchev–Trinajstić information content (AvgIpc) is 2.29. The zero-order valence-corrected chi connectivity index (χ0v) is 9.56. The Morgan fingerprint density at radius 3 is 2.88 bits per heavy atom. The average molecular weight is 235 g/mol. The first-order valence-corrected chi connectivity index (χ1v) is 5.33. The van der Waals surface area contributed by atoms with E-state index in [2.05, 4.69) is 5.32 Å². The second-order valence-corrected chi connectivity index (χ2v) is 4.06. The molecule has 5 nitrogen and oxygen atoms in total. The predicted molar refractivity (Wildman–Crippen MR) is 61.2 cm³/mol. The number of carbonyl (C=O) groups is 2. The largest absolute Gasteiger partial charge is 0.481 e. The van der Waals surface area contributed by atoms with Gasteiger partial charge >= 0.3 is 5.97 Å². The summed E-state index contributed by atoms with van der Waals surface area (Å²) in [6, 6.07) is 5.00. The Kier molecular flexibility index (Phi) is 2.75. The molecule has 0 aromatic heterocycles. The number of hydrogen-bond donors (Lipinski definition) is 2. The van der Waals surface area contributed by atoms with E-state index in [1.54, 1.807) is 32.0 Å². The number of ether oxygens (including phenoxy) is 1. The number of nitrogens with one attached hydrogen (secondary N) is 1. The monoisotopic (exact) mass is 235 g/mol. The van der Waals surface area contributed by atoms with Gasteiger partial charge in [-0.2, -0.15) is 0 Å². The molecule has 1 aromatic carbocycles. The number of carbonyl (C=O) groups excluding carboxylic acids is 1. The van der Waals surface area contributed by atoms with Crippen molar-refractivity contribution in [2.75, 3.05) is 5.32 Å². The lowest BCUT2D eigenvalue weighted by atomic mass is 10.0. The maximum Gasteiger partial charge on any atom is 0.310 e. The van der Waals surface area contributed by atoms with Crippen LogP contribution in [0.3, 0.4) is 0 Å². The number of rotatable bonds is 2. The van der Waals surface area contributed by atoms with Crippen LogP contribution in [0.25, 0.3) is 0 Å². The second-order valence-electron chi connectivity index (χ2n) is 4.06. The van der Waals surface area contributed by atoms with Gasteiger partial charge < -0.3 is 15.2 Å². The molecule has 90 valence electrons. The van der Waals surface area contributed by atoms with Crippen LogP contribution in [0.5, 0.6) is 5.75 Å². The van der Waals surface area contributed by atoms with Gasteiger partial charge in [-0.05, 0) is 31.5 Å². The number of amides is 1. The van der Waals surface area contributed by atoms with E-state index in [9.17, 15) is 9.59 Å². The van der Waals surface area contributed by atoms with Gasteiger partial charge in [-0.1, -0.05) is 6.07 Å². The zero-order chi connectivity index (χ0) is 12.6. The first kappa shape index (κ1) is 11.4. The Labute approximate surface area is 98.4 Å². The Morgan fingerprint density at radius 1 is 1.53 bits per heavy atom. The molecule has 1 aliphatic heterocycles. The van der Waals surface area contributed by atoms with Crippen LogP contribution in [0, 0.1) is 0 Å². The van der Waals surface area contributed by atoms with Crippen LogP contribution < -0.4 is 10.1 Å². The van der Waals surface area contributed by atoms with E-state index in [0.29, 0.717) is 17.0 Å². The van der Waals surface area contributed by atoms with Crippen LogP contribution in [0.2, 0.25) is 0 Å². The van der Waals surface area contributed by atoms with E-state index in [1.165, 1.54) is 0 Å². The van der Waals surface area contributed by atoms with Gasteiger partial charge in [0, 0.05) is 0 Å². The van der Waals surface area contributed by atoms with Crippen LogP contribution in [-0.4, -0.2) is 23.1 Å². The summed E-state index contributed by atoms with van der Waals surface area (Å²) in [6.07, 6.45) is -0.558. The van der Waals surface area contributed by atoms with Gasteiger partial charge in [-0.15, -0.1) is 0 Å². The van der Waals surface area contributed by atoms with Crippen molar-refractivity contribution in [3.8, 4) is 5.75 Å². The molecule has 17 heavy (non-hydrogen) atoms. The van der Waals surface area contributed by atoms with Crippen LogP contribution >= 0.6 is 0 Å². The smallest absolute Gasteiger partial charge is 0.310 e. The molecule has 0 saturated heterocycles. The zero-order valence-electron chi connectivity index (χ0n) is 9.56. The quantitative estimate of drug-likeness (QED) is 0.816. The van der Waals surface area contributed by atoms with Gasteiger partial charge in [-0.25, -0.2) is 0 Å². The maximum absolute atomic E-state index is 11.4. The van der Waals surface area contributed by atoms with E-state index >= 15 is 0 Å². The molecule has 1 amide bonds. The van der Waals surface area contributed by atoms with Crippen molar-refractivity contribution in [1.82, 2.24) is 0 Å². The van der Waals surface area contributed by atoms with Gasteiger partial charge in [0.05, 0.1) is 11.6 Å². The van der Waals surface area contributed by atoms with E-state index in [0.717, 1.165) is 0 Å². The van der Waals surface area contributed by atoms with E-state index in [-0.39, 0.29) is 5.91 Å². The maximum atomic E-state index is 11.4. The summed E-state index contributed by atoms with van der Waals surface area (Å²) in [4.78, 5) is 22.2. The van der Waals surface area contributed by atoms with Crippen LogP contribution in [0.4, 0.5) is 5.69 Å². The van der Waals surface area contributed by atoms with E-state index < -0.39 is 18.0 Å². The van der Waals surface area contributed by atoms with Gasteiger partial charge in [0.15, 0.2) is 6.10 Å². The molecule has 0 spiro atoms. The molecule has 1 aromatic rings. The molecule has 2 atom stereocenters. The lowest BCUT2D eigenvalue weighted by Gasteiger charge is -2.24. The van der Waals surface area contributed by atoms with Gasteiger partial charge in [-0.3, -0.25) is 9.59 Å². The molecule has 1 heterocycles. The first-order valence-electron chi connectivity index (χ1n) is 5.33. The van der Waals surface area contributed by atoms with E-state index in [4.69, 9.17) is 9.84 Å². The van der Waals surface area contributed by atoms with Crippen LogP contribution in [0.1, 0.15) is 25.3 Å². The molecule has 0 aliphatic carbocycles. The summed E-state index contributed by atoms with van der Waals surface area (Å²) < 4.78 is 5.41. The minimum atomic E-state index is -0.891. The highest BCUT2D eigenvalue weighted by Crippen LogP contribution is 2.32. The number of carboxylic acids is 1. The molecule has 2 N–H and O–H groups in total. The highest BCUT2D eigenvalue weighted by atomic mass is 16.5. The van der Waals surface area contributed by atoms with Gasteiger partial charge in [0.1, 0.15) is 5.75 Å². The third-order valence-electron chi connectivity index (χ3n) is 2.81. The van der Waals surface area contributed by atoms with Crippen molar-refractivity contribution >= 4 is 17.6 Å². The molecule has 0 fully saturated rings. The normalized spacial score (nSPS) is 19.9. The Bertz CT molecular complexity index is 483. The SMILES string of the molecule is CC1Oc2cc(C(C)C(=O)O)ccc2NC1=O. The topological polar surface area (TPSA) is 75.6 Å². The number of fused-ring (bicyclic) bond motifs is 1. The molecule has 0 radical (unpaired) electrons. The van der Waals surface area contributed by atoms with Gasteiger partial charge in [0.25, 0.3) is 5.91 Å². The Hall–Kier alpha value is -2.04. The van der Waals surface area contributed by atoms with Crippen molar-refractivity contribution in [2.24, 2.45) is 0 Å². The molecule has 2 rings (SSSR count). The van der Waals surface area contributed by atoms with Crippen LogP contribution in [-0.2, 0) is 9.59 Å². The molecule has 0 saturated carbocycles. The standard InChI is InChI=1S/C12H13NO4/c1-6(12(15)16)8-3-4-9-10(5-8)17-7(2)11(14)13-9/h3-7H,1-2H3,(H,13,14)(H,15,16). The second kappa shape index (κ2) is 4.08. The minimum absolute atomic E-state index is 0.198. The lowest BCUT2D eigenvalue weighted by molar-refractivity contribution is -0.138. The molecular formula is C12H13NO4. The molecular weight excluding hydrogens is 222 g/mol. The molecule has 1 aliphatic rings. The van der Waals surface area contributed by atoms with Crippen molar-refractivity contribution in [1.29, 1.82) is 0 Å². The van der Waals surface area contributed by atoms with Crippen molar-refractivity contribution in [2.45, 2.75) is 25.9 Å². The fourth-order valence-corrected chi connectivity index (χ4v) is 1.63. The summed E-state index contributed by atoms with van der Waals surface area (Å²) in [6.45, 7) is 3.25. The summed E-state index contributed by atoms with van der Waals surface area (Å²) in [5, 5.41) is 11.6. The number of hydrogen-bond acceptors (Lipinski definition) is 3. The first-order chi connectivity index (χ1) is 7.99. The van der Waals surface area contributed by atoms with E-state index in [1.807, 2.05) is 0 Å². The summed E-state index contributed by atoms with van der Waals surface area (Å²) in [5.41, 5.74) is 1.23. The number of anilines is 1. The fraction of sp³-hybridized carbons (Fsp3) is 0.333. The highest BCUT2D eigenvalue weighted by Gasteiger charge is 2.24. The number of aliphatic carboxylic acids is 1. The Balaban J connectivity index is 2.35. The summed E-state index contributed by atoms with van der Waals surface area (Å²) in [7, 11) is 0. The number of benzene rings is 1. The fourth-order valence-electron chi connectivity index (χ4n) is 1.63. The highest BCUT2D eigenvalue weighted by molar-refractivity contribution is 5.97. The third kappa shape index (κ3) is 2.08. The summed E-state index contributed by atoms with van der Waals surface area (Å²) >= 11 is 0. The summed E-state index contributed by atoms with van der Waals surface area (Å²) in [5.74, 6) is -1.17. The van der Waals surface area contributed by atoms with Gasteiger partial charge in [0.2, 0.25) is 0 Å². The minimum Gasteiger partial charge on any atom is -0.481 e. The molecule has 2 unspecified atom stereocenters. The Morgan fingerprint density at radius 2 is 2.24 bits per heavy atom. The molecule has 5 heteroatoms. The third-order valence-corrected chi connectivity index (χ3v) is 2.81.